The van der Waals surface area contributed by atoms with Gasteiger partial charge in [0.2, 0.25) is 0 Å². The molecule has 1 amide bonds. The largest absolute Gasteiger partial charge is 0.366 e. The Balaban J connectivity index is 2.19. The van der Waals surface area contributed by atoms with Gasteiger partial charge in [-0.25, -0.2) is 18.7 Å². The molecule has 0 radical (unpaired) electrons. The third-order valence-corrected chi connectivity index (χ3v) is 2.68. The van der Waals surface area contributed by atoms with Crippen LogP contribution < -0.4 is 10.6 Å². The number of rotatable bonds is 5. The zero-order valence-electron chi connectivity index (χ0n) is 11.9. The number of amides is 1. The van der Waals surface area contributed by atoms with Crippen molar-refractivity contribution in [1.29, 1.82) is 0 Å². The number of nitrogens with zero attached hydrogens (tertiary/aromatic N) is 2. The maximum atomic E-state index is 13.1. The monoisotopic (exact) mass is 304 g/mol. The first-order valence-corrected chi connectivity index (χ1v) is 6.46. The standard InChI is InChI=1S/C15H14F2N4O/c1-3-6-18-14-8-13(19-9(2)20-14)15(22)21-10-4-5-11(16)12(17)7-10/h3-5,7-8H,1,6H2,2H3,(H,21,22)(H,18,19,20). The average molecular weight is 304 g/mol. The van der Waals surface area contributed by atoms with E-state index in [-0.39, 0.29) is 11.4 Å². The molecule has 1 heterocycles. The highest BCUT2D eigenvalue weighted by Crippen LogP contribution is 2.15. The quantitative estimate of drug-likeness (QED) is 0.834. The van der Waals surface area contributed by atoms with Crippen LogP contribution in [0.2, 0.25) is 0 Å². The summed E-state index contributed by atoms with van der Waals surface area (Å²) in [6, 6.07) is 4.57. The highest BCUT2D eigenvalue weighted by atomic mass is 19.2. The minimum absolute atomic E-state index is 0.115. The molecule has 1 aromatic heterocycles. The lowest BCUT2D eigenvalue weighted by molar-refractivity contribution is 0.102. The number of hydrogen-bond donors (Lipinski definition) is 2. The van der Waals surface area contributed by atoms with Crippen LogP contribution >= 0.6 is 0 Å². The smallest absolute Gasteiger partial charge is 0.274 e. The number of aryl methyl sites for hydroxylation is 1. The van der Waals surface area contributed by atoms with E-state index in [4.69, 9.17) is 0 Å². The minimum Gasteiger partial charge on any atom is -0.366 e. The number of nitrogens with one attached hydrogen (secondary N) is 2. The molecule has 0 saturated heterocycles. The fourth-order valence-electron chi connectivity index (χ4n) is 1.72. The summed E-state index contributed by atoms with van der Waals surface area (Å²) in [6.45, 7) is 5.71. The molecule has 0 bridgehead atoms. The molecule has 0 aliphatic rings. The van der Waals surface area contributed by atoms with Crippen molar-refractivity contribution in [3.63, 3.8) is 0 Å². The van der Waals surface area contributed by atoms with Crippen LogP contribution in [0.5, 0.6) is 0 Å². The number of carbonyl (C=O) groups excluding carboxylic acids is 1. The van der Waals surface area contributed by atoms with Crippen LogP contribution in [0.25, 0.3) is 0 Å². The normalized spacial score (nSPS) is 10.1. The number of benzene rings is 1. The molecule has 1 aromatic carbocycles. The molecular formula is C15H14F2N4O. The van der Waals surface area contributed by atoms with Gasteiger partial charge in [-0.15, -0.1) is 6.58 Å². The average Bonchev–Trinajstić information content (AvgIpc) is 2.48. The molecule has 7 heteroatoms. The number of hydrogen-bond acceptors (Lipinski definition) is 4. The first-order valence-electron chi connectivity index (χ1n) is 6.46. The molecule has 0 unspecified atom stereocenters. The molecule has 5 nitrogen and oxygen atoms in total. The van der Waals surface area contributed by atoms with Crippen LogP contribution in [0.15, 0.2) is 36.9 Å². The SMILES string of the molecule is C=CCNc1cc(C(=O)Nc2ccc(F)c(F)c2)nc(C)n1. The van der Waals surface area contributed by atoms with Crippen molar-refractivity contribution in [2.45, 2.75) is 6.92 Å². The maximum absolute atomic E-state index is 13.1. The zero-order chi connectivity index (χ0) is 16.1. The van der Waals surface area contributed by atoms with E-state index in [1.165, 1.54) is 12.1 Å². The third-order valence-electron chi connectivity index (χ3n) is 2.68. The molecule has 0 saturated carbocycles. The fourth-order valence-corrected chi connectivity index (χ4v) is 1.72. The first kappa shape index (κ1) is 15.6. The molecule has 0 fully saturated rings. The lowest BCUT2D eigenvalue weighted by atomic mass is 10.2. The summed E-state index contributed by atoms with van der Waals surface area (Å²) in [6.07, 6.45) is 1.65. The highest BCUT2D eigenvalue weighted by molar-refractivity contribution is 6.03. The molecule has 0 spiro atoms. The molecule has 2 rings (SSSR count). The Morgan fingerprint density at radius 3 is 2.73 bits per heavy atom. The Labute approximate surface area is 126 Å². The van der Waals surface area contributed by atoms with Gasteiger partial charge < -0.3 is 10.6 Å². The second kappa shape index (κ2) is 6.75. The van der Waals surface area contributed by atoms with Gasteiger partial charge in [0.05, 0.1) is 0 Å². The molecule has 2 N–H and O–H groups in total. The van der Waals surface area contributed by atoms with Crippen molar-refractivity contribution in [1.82, 2.24) is 9.97 Å². The Hall–Kier alpha value is -2.83. The summed E-state index contributed by atoms with van der Waals surface area (Å²) in [7, 11) is 0. The molecule has 114 valence electrons. The van der Waals surface area contributed by atoms with E-state index in [1.54, 1.807) is 13.0 Å². The molecular weight excluding hydrogens is 290 g/mol. The topological polar surface area (TPSA) is 66.9 Å². The first-order chi connectivity index (χ1) is 10.5. The van der Waals surface area contributed by atoms with Crippen molar-refractivity contribution >= 4 is 17.4 Å². The predicted octanol–water partition coefficient (Wildman–Crippen LogP) is 2.91. The second-order valence-corrected chi connectivity index (χ2v) is 4.44. The van der Waals surface area contributed by atoms with Gasteiger partial charge >= 0.3 is 0 Å². The van der Waals surface area contributed by atoms with E-state index in [0.717, 1.165) is 12.1 Å². The summed E-state index contributed by atoms with van der Waals surface area (Å²) in [5.74, 6) is -1.68. The van der Waals surface area contributed by atoms with Crippen LogP contribution in [-0.4, -0.2) is 22.4 Å². The van der Waals surface area contributed by atoms with Crippen molar-refractivity contribution in [3.8, 4) is 0 Å². The maximum Gasteiger partial charge on any atom is 0.274 e. The Morgan fingerprint density at radius 1 is 1.27 bits per heavy atom. The summed E-state index contributed by atoms with van der Waals surface area (Å²) >= 11 is 0. The van der Waals surface area contributed by atoms with Gasteiger partial charge in [0.1, 0.15) is 17.3 Å². The number of carbonyl (C=O) groups is 1. The van der Waals surface area contributed by atoms with E-state index in [1.807, 2.05) is 0 Å². The Bertz CT molecular complexity index is 719. The zero-order valence-corrected chi connectivity index (χ0v) is 11.9. The van der Waals surface area contributed by atoms with E-state index in [2.05, 4.69) is 27.2 Å². The van der Waals surface area contributed by atoms with Crippen LogP contribution in [-0.2, 0) is 0 Å². The molecule has 0 aliphatic heterocycles. The van der Waals surface area contributed by atoms with Crippen molar-refractivity contribution in [2.75, 3.05) is 17.2 Å². The molecule has 22 heavy (non-hydrogen) atoms. The van der Waals surface area contributed by atoms with Crippen molar-refractivity contribution in [2.24, 2.45) is 0 Å². The van der Waals surface area contributed by atoms with Gasteiger partial charge in [0.15, 0.2) is 11.6 Å². The second-order valence-electron chi connectivity index (χ2n) is 4.44. The molecule has 0 atom stereocenters. The summed E-state index contributed by atoms with van der Waals surface area (Å²) < 4.78 is 26.0. The van der Waals surface area contributed by atoms with Crippen LogP contribution in [0.3, 0.4) is 0 Å². The van der Waals surface area contributed by atoms with Crippen LogP contribution in [0, 0.1) is 18.6 Å². The van der Waals surface area contributed by atoms with Crippen LogP contribution in [0.1, 0.15) is 16.3 Å². The fraction of sp³-hybridized carbons (Fsp3) is 0.133. The predicted molar refractivity (Wildman–Crippen MR) is 79.8 cm³/mol. The third kappa shape index (κ3) is 3.85. The number of anilines is 2. The van der Waals surface area contributed by atoms with Gasteiger partial charge in [0.25, 0.3) is 5.91 Å². The molecule has 2 aromatic rings. The Morgan fingerprint density at radius 2 is 2.05 bits per heavy atom. The lowest BCUT2D eigenvalue weighted by Crippen LogP contribution is -2.16. The Kier molecular flexibility index (Phi) is 4.77. The highest BCUT2D eigenvalue weighted by Gasteiger charge is 2.12. The van der Waals surface area contributed by atoms with Gasteiger partial charge in [-0.05, 0) is 19.1 Å². The van der Waals surface area contributed by atoms with Gasteiger partial charge in [-0.3, -0.25) is 4.79 Å². The van der Waals surface area contributed by atoms with Gasteiger partial charge in [-0.2, -0.15) is 0 Å². The number of halogens is 2. The van der Waals surface area contributed by atoms with E-state index >= 15 is 0 Å². The lowest BCUT2D eigenvalue weighted by Gasteiger charge is -2.08. The van der Waals surface area contributed by atoms with Crippen molar-refractivity contribution in [3.05, 3.63) is 60.1 Å². The summed E-state index contributed by atoms with van der Waals surface area (Å²) in [4.78, 5) is 20.3. The minimum atomic E-state index is -1.04. The van der Waals surface area contributed by atoms with E-state index in [9.17, 15) is 13.6 Å². The molecule has 0 aliphatic carbocycles. The van der Waals surface area contributed by atoms with Crippen LogP contribution in [0.4, 0.5) is 20.3 Å². The van der Waals surface area contributed by atoms with Gasteiger partial charge in [-0.1, -0.05) is 6.08 Å². The van der Waals surface area contributed by atoms with Gasteiger partial charge in [0, 0.05) is 24.4 Å². The number of aromatic nitrogens is 2. The summed E-state index contributed by atoms with van der Waals surface area (Å²) in [5.41, 5.74) is 0.254. The van der Waals surface area contributed by atoms with E-state index < -0.39 is 17.5 Å². The summed E-state index contributed by atoms with van der Waals surface area (Å²) in [5, 5.41) is 5.41. The van der Waals surface area contributed by atoms with E-state index in [0.29, 0.717) is 18.2 Å². The van der Waals surface area contributed by atoms with Crippen molar-refractivity contribution < 1.29 is 13.6 Å².